The molecule has 0 saturated heterocycles. The number of carbonyl (C=O) groups excluding carboxylic acids is 1. The highest BCUT2D eigenvalue weighted by atomic mass is 127. The summed E-state index contributed by atoms with van der Waals surface area (Å²) in [6, 6.07) is 5.08. The first kappa shape index (κ1) is 12.3. The number of alkyl halides is 1. The number of ketones is 1. The Kier molecular flexibility index (Phi) is 4.36. The molecule has 0 aliphatic rings. The second-order valence-electron chi connectivity index (χ2n) is 2.71. The molecule has 0 bridgehead atoms. The Morgan fingerprint density at radius 1 is 1.67 bits per heavy atom. The van der Waals surface area contributed by atoms with Crippen LogP contribution in [-0.2, 0) is 0 Å². The number of halogens is 2. The van der Waals surface area contributed by atoms with E-state index in [9.17, 15) is 4.79 Å². The molecule has 0 aliphatic heterocycles. The van der Waals surface area contributed by atoms with Crippen LogP contribution in [0.5, 0.6) is 5.75 Å². The van der Waals surface area contributed by atoms with Gasteiger partial charge in [0.05, 0.1) is 28.2 Å². The van der Waals surface area contributed by atoms with Gasteiger partial charge in [0.25, 0.3) is 0 Å². The van der Waals surface area contributed by atoms with Crippen molar-refractivity contribution in [3.05, 3.63) is 26.8 Å². The third kappa shape index (κ3) is 2.61. The molecular weight excluding hydrogens is 328 g/mol. The summed E-state index contributed by atoms with van der Waals surface area (Å²) in [7, 11) is 1.49. The predicted octanol–water partition coefficient (Wildman–Crippen LogP) is 2.59. The normalized spacial score (nSPS) is 9.47. The molecule has 0 radical (unpaired) electrons. The molecule has 0 N–H and O–H groups in total. The minimum atomic E-state index is -0.212. The zero-order valence-corrected chi connectivity index (χ0v) is 10.8. The van der Waals surface area contributed by atoms with E-state index in [2.05, 4.69) is 0 Å². The minimum Gasteiger partial charge on any atom is -0.496 e. The van der Waals surface area contributed by atoms with Crippen molar-refractivity contribution in [3.63, 3.8) is 0 Å². The van der Waals surface area contributed by atoms with Crippen molar-refractivity contribution in [2.75, 3.05) is 13.0 Å². The Balaban J connectivity index is 3.38. The summed E-state index contributed by atoms with van der Waals surface area (Å²) in [5, 5.41) is 8.78. The van der Waals surface area contributed by atoms with Crippen LogP contribution in [0.2, 0.25) is 0 Å². The Bertz CT molecular complexity index is 440. The quantitative estimate of drug-likeness (QED) is 0.485. The third-order valence-corrected chi connectivity index (χ3v) is 3.17. The largest absolute Gasteiger partial charge is 0.496 e. The second-order valence-corrected chi connectivity index (χ2v) is 4.05. The average Bonchev–Trinajstić information content (AvgIpc) is 2.28. The van der Waals surface area contributed by atoms with Crippen LogP contribution in [0.4, 0.5) is 0 Å². The summed E-state index contributed by atoms with van der Waals surface area (Å²) in [5.74, 6) is 0.202. The lowest BCUT2D eigenvalue weighted by atomic mass is 10.1. The molecule has 1 rings (SSSR count). The van der Waals surface area contributed by atoms with Gasteiger partial charge in [0.15, 0.2) is 5.78 Å². The van der Waals surface area contributed by atoms with Crippen LogP contribution in [0, 0.1) is 14.9 Å². The summed E-state index contributed by atoms with van der Waals surface area (Å²) >= 11 is 7.47. The lowest BCUT2D eigenvalue weighted by Gasteiger charge is -2.07. The van der Waals surface area contributed by atoms with Crippen LogP contribution < -0.4 is 4.74 Å². The first-order chi connectivity index (χ1) is 7.13. The maximum Gasteiger partial charge on any atom is 0.178 e. The van der Waals surface area contributed by atoms with E-state index in [1.807, 2.05) is 28.7 Å². The van der Waals surface area contributed by atoms with Crippen LogP contribution in [0.25, 0.3) is 0 Å². The molecule has 5 heteroatoms. The van der Waals surface area contributed by atoms with Crippen molar-refractivity contribution in [1.29, 1.82) is 5.26 Å². The maximum absolute atomic E-state index is 11.5. The molecule has 0 heterocycles. The van der Waals surface area contributed by atoms with Crippen molar-refractivity contribution in [2.45, 2.75) is 0 Å². The van der Waals surface area contributed by atoms with Gasteiger partial charge in [0.2, 0.25) is 0 Å². The fourth-order valence-corrected chi connectivity index (χ4v) is 2.06. The van der Waals surface area contributed by atoms with Gasteiger partial charge in [-0.1, -0.05) is 0 Å². The summed E-state index contributed by atoms with van der Waals surface area (Å²) < 4.78 is 5.75. The average molecular weight is 336 g/mol. The number of benzene rings is 1. The molecular formula is C10H7ClINO2. The van der Waals surface area contributed by atoms with Gasteiger partial charge in [0, 0.05) is 5.56 Å². The SMILES string of the molecule is COc1cc(C#N)cc(C(=O)CCl)c1I. The molecule has 3 nitrogen and oxygen atoms in total. The zero-order chi connectivity index (χ0) is 11.4. The van der Waals surface area contributed by atoms with Crippen molar-refractivity contribution in [2.24, 2.45) is 0 Å². The zero-order valence-electron chi connectivity index (χ0n) is 7.88. The molecule has 0 atom stereocenters. The van der Waals surface area contributed by atoms with E-state index in [0.29, 0.717) is 20.4 Å². The van der Waals surface area contributed by atoms with E-state index in [1.165, 1.54) is 13.2 Å². The predicted molar refractivity (Wildman–Crippen MR) is 65.5 cm³/mol. The lowest BCUT2D eigenvalue weighted by molar-refractivity contribution is 0.102. The molecule has 0 aliphatic carbocycles. The van der Waals surface area contributed by atoms with E-state index in [0.717, 1.165) is 0 Å². The second kappa shape index (κ2) is 5.33. The Morgan fingerprint density at radius 2 is 2.33 bits per heavy atom. The molecule has 0 fully saturated rings. The molecule has 0 saturated carbocycles. The smallest absolute Gasteiger partial charge is 0.178 e. The Morgan fingerprint density at radius 3 is 2.80 bits per heavy atom. The number of carbonyl (C=O) groups is 1. The van der Waals surface area contributed by atoms with E-state index in [4.69, 9.17) is 21.6 Å². The van der Waals surface area contributed by atoms with Crippen molar-refractivity contribution in [1.82, 2.24) is 0 Å². The standard InChI is InChI=1S/C10H7ClINO2/c1-15-9-3-6(5-13)2-7(10(9)12)8(14)4-11/h2-3H,4H2,1H3. The highest BCUT2D eigenvalue weighted by Crippen LogP contribution is 2.26. The molecule has 0 unspecified atom stereocenters. The molecule has 1 aromatic carbocycles. The molecule has 1 aromatic rings. The molecule has 0 aromatic heterocycles. The monoisotopic (exact) mass is 335 g/mol. The summed E-state index contributed by atoms with van der Waals surface area (Å²) in [5.41, 5.74) is 0.822. The summed E-state index contributed by atoms with van der Waals surface area (Å²) in [6.45, 7) is 0. The minimum absolute atomic E-state index is 0.103. The van der Waals surface area contributed by atoms with Crippen LogP contribution in [-0.4, -0.2) is 18.8 Å². The molecule has 0 spiro atoms. The molecule has 78 valence electrons. The number of hydrogen-bond acceptors (Lipinski definition) is 3. The number of hydrogen-bond donors (Lipinski definition) is 0. The summed E-state index contributed by atoms with van der Waals surface area (Å²) in [6.07, 6.45) is 0. The Hall–Kier alpha value is -0.800. The van der Waals surface area contributed by atoms with Crippen LogP contribution in [0.15, 0.2) is 12.1 Å². The fraction of sp³-hybridized carbons (Fsp3) is 0.200. The van der Waals surface area contributed by atoms with Gasteiger partial charge in [-0.2, -0.15) is 5.26 Å². The highest BCUT2D eigenvalue weighted by Gasteiger charge is 2.14. The van der Waals surface area contributed by atoms with Crippen LogP contribution >= 0.6 is 34.2 Å². The van der Waals surface area contributed by atoms with Gasteiger partial charge < -0.3 is 4.74 Å². The summed E-state index contributed by atoms with van der Waals surface area (Å²) in [4.78, 5) is 11.5. The number of nitrogens with zero attached hydrogens (tertiary/aromatic N) is 1. The topological polar surface area (TPSA) is 50.1 Å². The van der Waals surface area contributed by atoms with Crippen LogP contribution in [0.1, 0.15) is 15.9 Å². The van der Waals surface area contributed by atoms with E-state index >= 15 is 0 Å². The van der Waals surface area contributed by atoms with Gasteiger partial charge in [-0.3, -0.25) is 4.79 Å². The molecule has 15 heavy (non-hydrogen) atoms. The lowest BCUT2D eigenvalue weighted by Crippen LogP contribution is -2.05. The van der Waals surface area contributed by atoms with Gasteiger partial charge in [-0.25, -0.2) is 0 Å². The van der Waals surface area contributed by atoms with Crippen LogP contribution in [0.3, 0.4) is 0 Å². The number of methoxy groups -OCH3 is 1. The first-order valence-electron chi connectivity index (χ1n) is 4.00. The van der Waals surface area contributed by atoms with Gasteiger partial charge in [-0.15, -0.1) is 11.6 Å². The number of nitriles is 1. The van der Waals surface area contributed by atoms with Gasteiger partial charge in [-0.05, 0) is 34.7 Å². The highest BCUT2D eigenvalue weighted by molar-refractivity contribution is 14.1. The maximum atomic E-state index is 11.5. The van der Waals surface area contributed by atoms with E-state index in [-0.39, 0.29) is 11.7 Å². The van der Waals surface area contributed by atoms with Gasteiger partial charge >= 0.3 is 0 Å². The number of Topliss-reactive ketones (excluding diaryl/α,β-unsaturated/α-hetero) is 1. The van der Waals surface area contributed by atoms with Crippen molar-refractivity contribution < 1.29 is 9.53 Å². The van der Waals surface area contributed by atoms with Crippen molar-refractivity contribution in [3.8, 4) is 11.8 Å². The van der Waals surface area contributed by atoms with Gasteiger partial charge in [0.1, 0.15) is 5.75 Å². The first-order valence-corrected chi connectivity index (χ1v) is 5.62. The number of rotatable bonds is 3. The molecule has 0 amide bonds. The van der Waals surface area contributed by atoms with E-state index < -0.39 is 0 Å². The Labute approximate surface area is 106 Å². The number of ether oxygens (including phenoxy) is 1. The van der Waals surface area contributed by atoms with E-state index in [1.54, 1.807) is 6.07 Å². The fourth-order valence-electron chi connectivity index (χ4n) is 1.09. The third-order valence-electron chi connectivity index (χ3n) is 1.81. The van der Waals surface area contributed by atoms with Crippen molar-refractivity contribution >= 4 is 40.0 Å².